The van der Waals surface area contributed by atoms with Crippen molar-refractivity contribution in [1.82, 2.24) is 94.4 Å². The Hall–Kier alpha value is -4.64. The fourth-order valence-electron chi connectivity index (χ4n) is 6.22. The van der Waals surface area contributed by atoms with Crippen LogP contribution in [0.2, 0.25) is 10.3 Å². The summed E-state index contributed by atoms with van der Waals surface area (Å²) in [5, 5.41) is 20.8. The van der Waals surface area contributed by atoms with Crippen LogP contribution in [0.25, 0.3) is 17.8 Å². The van der Waals surface area contributed by atoms with Gasteiger partial charge in [0.2, 0.25) is 11.8 Å². The maximum atomic E-state index is 6.07. The number of aryl methyl sites for hydroxylation is 9. The Balaban J connectivity index is -0.000000125. The SMILES string of the molecule is CCC.COc1nc(-n2nc([C-](C)C)nc2C)nc(C)c1C.COc1nc(Cl)cc(C)c1C.Cc1n[nH]c([C-](C)C)n1.Cc1nc(-n2nc([C-](C)C)nc2C)nc(C)c1C.Cc1nc(-n2nc([C-](C)C)nc2C)nc(Cl)c1C.[2HH].[2HH].[2HH].[CH3-].[CH3-].[CH3-].[CH3-].[W+2].[W+2].[W+2].[W+2]. The van der Waals surface area contributed by atoms with Gasteiger partial charge in [-0.3, -0.25) is 5.10 Å². The molecule has 0 aliphatic rings. The van der Waals surface area contributed by atoms with E-state index in [1.165, 1.54) is 6.42 Å². The van der Waals surface area contributed by atoms with E-state index < -0.39 is 0 Å². The fourth-order valence-corrected chi connectivity index (χ4v) is 6.67. The molecule has 0 spiro atoms. The minimum absolute atomic E-state index is 0. The Labute approximate surface area is 587 Å². The van der Waals surface area contributed by atoms with E-state index in [1.54, 1.807) is 28.3 Å². The van der Waals surface area contributed by atoms with Crippen LogP contribution >= 0.6 is 23.2 Å². The molecule has 0 aromatic carbocycles. The zero-order valence-electron chi connectivity index (χ0n) is 56.0. The van der Waals surface area contributed by atoms with Gasteiger partial charge in [0.1, 0.15) is 33.6 Å². The standard InChI is InChI=1S/C13H18N5O.C13H18N5.C12H15ClN5.C8H10ClNO.C6H10N3.C3H8.4CH3.4W.3H2/c1-7(2)11-15-10(5)18(17-11)13-14-9(4)8(3)12(16-13)19-6;1-7(2)12-16-11(6)18(17-12)13-14-9(4)8(3)10(5)15-13;1-6(2)11-15-9(5)18(17-11)12-14-8(4)7(3)10(13)16-12;1-5-4-7(9)10-8(11-3)6(5)2;1-4(2)6-7-5(3)8-9-6;1-3-2;;;;;;;;;;;/h1-6H3;1-6H3;1-5H3;4H,1-3H3;1-3H3,(H,7,8,9);3H2,1-2H3;4*1H3;;;;;3*1H/q3*-1;;-1;;4*-1;4*+2;;;/i;;;;;;;;;;;;;;3*1+1. The predicted molar refractivity (Wildman–Crippen MR) is 339 cm³/mol. The van der Waals surface area contributed by atoms with Gasteiger partial charge in [-0.15, -0.1) is 0 Å². The van der Waals surface area contributed by atoms with Crippen LogP contribution in [0.15, 0.2) is 6.07 Å². The van der Waals surface area contributed by atoms with Crippen molar-refractivity contribution in [3.63, 3.8) is 0 Å². The van der Waals surface area contributed by atoms with Crippen molar-refractivity contribution in [3.05, 3.63) is 167 Å². The molecule has 86 heavy (non-hydrogen) atoms. The summed E-state index contributed by atoms with van der Waals surface area (Å²) >= 11 is 11.8. The fraction of sp³-hybridized carbons (Fsp3) is 0.441. The first kappa shape index (κ1) is 92.5. The minimum Gasteiger partial charge on any atom is -0.481 e. The quantitative estimate of drug-likeness (QED) is 0.0802. The third-order valence-electron chi connectivity index (χ3n) is 11.4. The number of methoxy groups -OCH3 is 2. The monoisotopic (exact) mass is 1910 g/mol. The van der Waals surface area contributed by atoms with Gasteiger partial charge in [-0.1, -0.05) is 43.5 Å². The molecule has 0 amide bonds. The third kappa shape index (κ3) is 26.2. The summed E-state index contributed by atoms with van der Waals surface area (Å²) in [6.45, 7) is 45.2. The topological polar surface area (TPSA) is 242 Å². The number of pyridine rings is 1. The number of aromatic nitrogens is 19. The molecule has 0 bridgehead atoms. The van der Waals surface area contributed by atoms with E-state index in [1.807, 2.05) is 151 Å². The van der Waals surface area contributed by atoms with E-state index in [0.717, 1.165) is 109 Å². The maximum absolute atomic E-state index is 6.07. The molecule has 478 valence electrons. The summed E-state index contributed by atoms with van der Waals surface area (Å²) in [4.78, 5) is 47.7. The molecule has 8 aromatic rings. The van der Waals surface area contributed by atoms with Gasteiger partial charge in [0.25, 0.3) is 17.8 Å². The van der Waals surface area contributed by atoms with Gasteiger partial charge in [-0.05, 0) is 113 Å². The summed E-state index contributed by atoms with van der Waals surface area (Å²) in [5.74, 6) is 13.2. The van der Waals surface area contributed by atoms with Gasteiger partial charge in [-0.25, -0.2) is 44.9 Å². The second-order valence-electron chi connectivity index (χ2n) is 19.1. The van der Waals surface area contributed by atoms with Crippen molar-refractivity contribution in [2.24, 2.45) is 0 Å². The molecule has 1 N–H and O–H groups in total. The molecular formula is C59H97Cl2N19O2W4. The number of ether oxygens (including phenoxy) is 2. The summed E-state index contributed by atoms with van der Waals surface area (Å²) in [7, 11) is 3.19. The third-order valence-corrected chi connectivity index (χ3v) is 12.0. The molecule has 21 nitrogen and oxygen atoms in total. The van der Waals surface area contributed by atoms with E-state index in [4.69, 9.17) is 32.7 Å². The van der Waals surface area contributed by atoms with Crippen molar-refractivity contribution in [1.29, 1.82) is 0 Å². The van der Waals surface area contributed by atoms with E-state index in [9.17, 15) is 0 Å². The van der Waals surface area contributed by atoms with Crippen LogP contribution in [0.5, 0.6) is 11.8 Å². The van der Waals surface area contributed by atoms with Crippen LogP contribution < -0.4 is 9.47 Å². The number of hydrogen-bond acceptors (Lipinski definition) is 17. The van der Waals surface area contributed by atoms with Crippen LogP contribution in [-0.4, -0.2) is 109 Å². The van der Waals surface area contributed by atoms with Gasteiger partial charge >= 0.3 is 84.3 Å². The number of nitrogens with zero attached hydrogens (tertiary/aromatic N) is 18. The summed E-state index contributed by atoms with van der Waals surface area (Å²) in [6.07, 6.45) is 1.25. The van der Waals surface area contributed by atoms with Crippen molar-refractivity contribution in [2.75, 3.05) is 14.2 Å². The van der Waals surface area contributed by atoms with Crippen molar-refractivity contribution < 1.29 is 98.0 Å². The summed E-state index contributed by atoms with van der Waals surface area (Å²) in [5.41, 5.74) is 8.75. The number of H-pyrrole nitrogens is 1. The van der Waals surface area contributed by atoms with Crippen LogP contribution in [0.4, 0.5) is 0 Å². The Bertz CT molecular complexity index is 3100. The second kappa shape index (κ2) is 43.1. The molecule has 0 saturated carbocycles. The molecule has 0 atom stereocenters. The molecule has 27 heteroatoms. The molecular weight excluding hydrogens is 1810 g/mol. The Morgan fingerprint density at radius 2 is 0.767 bits per heavy atom. The van der Waals surface area contributed by atoms with Crippen molar-refractivity contribution in [2.45, 2.75) is 166 Å². The minimum atomic E-state index is 0. The molecule has 0 radical (unpaired) electrons. The number of hydrogen-bond donors (Lipinski definition) is 1. The molecule has 0 fully saturated rings. The van der Waals surface area contributed by atoms with E-state index >= 15 is 0 Å². The molecule has 8 heterocycles. The van der Waals surface area contributed by atoms with E-state index in [-0.39, 0.29) is 118 Å². The van der Waals surface area contributed by atoms with Gasteiger partial charge in [0, 0.05) is 61.2 Å². The van der Waals surface area contributed by atoms with Crippen LogP contribution in [0.3, 0.4) is 0 Å². The number of rotatable bonds is 9. The first-order valence-corrected chi connectivity index (χ1v) is 26.1. The van der Waals surface area contributed by atoms with Crippen molar-refractivity contribution >= 4 is 23.2 Å². The first-order chi connectivity index (χ1) is 36.5. The summed E-state index contributed by atoms with van der Waals surface area (Å²) < 4.78 is 15.2. The molecule has 0 aliphatic carbocycles. The molecule has 8 aromatic heterocycles. The van der Waals surface area contributed by atoms with E-state index in [2.05, 4.69) is 94.2 Å². The van der Waals surface area contributed by atoms with Gasteiger partial charge in [0.15, 0.2) is 0 Å². The van der Waals surface area contributed by atoms with E-state index in [0.29, 0.717) is 51.6 Å². The molecule has 0 unspecified atom stereocenters. The number of aromatic amines is 1. The van der Waals surface area contributed by atoms with Crippen LogP contribution in [0, 0.1) is 143 Å². The molecule has 0 aliphatic heterocycles. The van der Waals surface area contributed by atoms with Gasteiger partial charge < -0.3 is 62.9 Å². The average molecular weight is 1910 g/mol. The van der Waals surface area contributed by atoms with Crippen LogP contribution in [0.1, 0.15) is 177 Å². The largest absolute Gasteiger partial charge is 2.00 e. The zero-order chi connectivity index (χ0) is 59.0. The number of halogens is 2. The normalized spacial score (nSPS) is 9.34. The van der Waals surface area contributed by atoms with Crippen molar-refractivity contribution in [3.8, 4) is 29.6 Å². The second-order valence-corrected chi connectivity index (χ2v) is 19.9. The van der Waals surface area contributed by atoms with Crippen LogP contribution in [-0.2, 0) is 84.3 Å². The Kier molecular flexibility index (Phi) is 46.4. The molecule has 8 rings (SSSR count). The number of nitrogens with one attached hydrogen (secondary N) is 1. The van der Waals surface area contributed by atoms with Gasteiger partial charge in [-0.2, -0.15) is 99.8 Å². The predicted octanol–water partition coefficient (Wildman–Crippen LogP) is 14.2. The average Bonchev–Trinajstić information content (AvgIpc) is 4.19. The zero-order valence-corrected chi connectivity index (χ0v) is 69.3. The first-order valence-electron chi connectivity index (χ1n) is 25.3. The molecule has 0 saturated heterocycles. The Morgan fingerprint density at radius 1 is 0.442 bits per heavy atom. The van der Waals surface area contributed by atoms with Gasteiger partial charge in [0.05, 0.1) is 14.2 Å². The smallest absolute Gasteiger partial charge is 0.481 e. The summed E-state index contributed by atoms with van der Waals surface area (Å²) in [6, 6.07) is 1.82. The Morgan fingerprint density at radius 3 is 1.06 bits per heavy atom. The maximum Gasteiger partial charge on any atom is 2.00 e.